The average molecular weight is 299 g/mol. The van der Waals surface area contributed by atoms with Gasteiger partial charge >= 0.3 is 0 Å². The first kappa shape index (κ1) is 12.5. The Morgan fingerprint density at radius 1 is 1.59 bits per heavy atom. The number of rotatable bonds is 2. The lowest BCUT2D eigenvalue weighted by atomic mass is 10.2. The van der Waals surface area contributed by atoms with E-state index in [1.165, 1.54) is 0 Å². The summed E-state index contributed by atoms with van der Waals surface area (Å²) in [6.45, 7) is 3.96. The van der Waals surface area contributed by atoms with E-state index in [9.17, 15) is 4.79 Å². The van der Waals surface area contributed by atoms with E-state index in [0.29, 0.717) is 13.2 Å². The molecule has 0 radical (unpaired) electrons. The van der Waals surface area contributed by atoms with Gasteiger partial charge in [-0.05, 0) is 24.6 Å². The van der Waals surface area contributed by atoms with Gasteiger partial charge in [0.1, 0.15) is 6.10 Å². The van der Waals surface area contributed by atoms with E-state index in [1.54, 1.807) is 0 Å². The van der Waals surface area contributed by atoms with Gasteiger partial charge in [-0.15, -0.1) is 0 Å². The van der Waals surface area contributed by atoms with Gasteiger partial charge in [0.15, 0.2) is 0 Å². The van der Waals surface area contributed by atoms with Crippen LogP contribution in [-0.4, -0.2) is 31.7 Å². The molecule has 1 saturated heterocycles. The molecule has 5 heteroatoms. The largest absolute Gasteiger partial charge is 0.366 e. The number of hydrogen-bond donors (Lipinski definition) is 2. The highest BCUT2D eigenvalue weighted by molar-refractivity contribution is 9.10. The Hall–Kier alpha value is -0.910. The van der Waals surface area contributed by atoms with Crippen molar-refractivity contribution in [2.24, 2.45) is 0 Å². The van der Waals surface area contributed by atoms with E-state index in [-0.39, 0.29) is 5.91 Å². The zero-order chi connectivity index (χ0) is 12.3. The maximum Gasteiger partial charge on any atom is 0.254 e. The number of carbonyl (C=O) groups excluding carboxylic acids is 1. The van der Waals surface area contributed by atoms with Crippen LogP contribution in [-0.2, 0) is 9.53 Å². The van der Waals surface area contributed by atoms with Gasteiger partial charge in [-0.25, -0.2) is 0 Å². The molecule has 1 unspecified atom stereocenters. The zero-order valence-corrected chi connectivity index (χ0v) is 11.2. The Morgan fingerprint density at radius 2 is 2.41 bits per heavy atom. The second-order valence-corrected chi connectivity index (χ2v) is 4.87. The van der Waals surface area contributed by atoms with Gasteiger partial charge in [-0.2, -0.15) is 0 Å². The summed E-state index contributed by atoms with van der Waals surface area (Å²) in [4.78, 5) is 11.9. The molecular formula is C12H15BrN2O2. The smallest absolute Gasteiger partial charge is 0.254 e. The molecule has 92 valence electrons. The van der Waals surface area contributed by atoms with Crippen molar-refractivity contribution in [2.45, 2.75) is 13.0 Å². The number of morpholine rings is 1. The molecule has 1 aromatic carbocycles. The number of carbonyl (C=O) groups is 1. The van der Waals surface area contributed by atoms with E-state index < -0.39 is 6.10 Å². The molecule has 2 rings (SSSR count). The van der Waals surface area contributed by atoms with Gasteiger partial charge in [0.05, 0.1) is 6.61 Å². The maximum atomic E-state index is 11.9. The van der Waals surface area contributed by atoms with Gasteiger partial charge in [0.25, 0.3) is 5.91 Å². The molecule has 0 spiro atoms. The third-order valence-corrected chi connectivity index (χ3v) is 3.51. The number of hydrogen-bond acceptors (Lipinski definition) is 3. The molecule has 0 aromatic heterocycles. The lowest BCUT2D eigenvalue weighted by Gasteiger charge is -2.22. The van der Waals surface area contributed by atoms with Crippen molar-refractivity contribution >= 4 is 27.5 Å². The third-order valence-electron chi connectivity index (χ3n) is 2.66. The van der Waals surface area contributed by atoms with Gasteiger partial charge in [0.2, 0.25) is 0 Å². The van der Waals surface area contributed by atoms with Crippen LogP contribution in [0.4, 0.5) is 5.69 Å². The molecule has 0 aliphatic carbocycles. The highest BCUT2D eigenvalue weighted by Crippen LogP contribution is 2.20. The summed E-state index contributed by atoms with van der Waals surface area (Å²) in [5.74, 6) is -0.104. The monoisotopic (exact) mass is 298 g/mol. The second kappa shape index (κ2) is 5.62. The minimum absolute atomic E-state index is 0.104. The number of nitrogens with one attached hydrogen (secondary N) is 2. The molecular weight excluding hydrogens is 284 g/mol. The van der Waals surface area contributed by atoms with E-state index in [4.69, 9.17) is 4.74 Å². The van der Waals surface area contributed by atoms with E-state index in [1.807, 2.05) is 25.1 Å². The molecule has 4 nitrogen and oxygen atoms in total. The highest BCUT2D eigenvalue weighted by Gasteiger charge is 2.21. The van der Waals surface area contributed by atoms with E-state index >= 15 is 0 Å². The Kier molecular flexibility index (Phi) is 4.15. The number of amides is 1. The normalized spacial score (nSPS) is 20.0. The molecule has 1 fully saturated rings. The predicted molar refractivity (Wildman–Crippen MR) is 70.1 cm³/mol. The molecule has 1 atom stereocenters. The fourth-order valence-electron chi connectivity index (χ4n) is 1.63. The third kappa shape index (κ3) is 3.28. The van der Waals surface area contributed by atoms with Crippen LogP contribution in [0, 0.1) is 6.92 Å². The zero-order valence-electron chi connectivity index (χ0n) is 9.63. The molecule has 1 aliphatic heterocycles. The Bertz CT molecular complexity index is 417. The van der Waals surface area contributed by atoms with Crippen molar-refractivity contribution in [1.29, 1.82) is 0 Å². The molecule has 0 saturated carbocycles. The van der Waals surface area contributed by atoms with Gasteiger partial charge in [-0.3, -0.25) is 4.79 Å². The summed E-state index contributed by atoms with van der Waals surface area (Å²) < 4.78 is 6.36. The molecule has 1 heterocycles. The standard InChI is InChI=1S/C12H15BrN2O2/c1-8-2-3-9(6-10(8)13)15-12(16)11-7-14-4-5-17-11/h2-3,6,11,14H,4-5,7H2,1H3,(H,15,16). The van der Waals surface area contributed by atoms with E-state index in [2.05, 4.69) is 26.6 Å². The van der Waals surface area contributed by atoms with Crippen LogP contribution in [0.2, 0.25) is 0 Å². The van der Waals surface area contributed by atoms with Crippen molar-refractivity contribution in [3.8, 4) is 0 Å². The molecule has 17 heavy (non-hydrogen) atoms. The summed E-state index contributed by atoms with van der Waals surface area (Å²) in [5.41, 5.74) is 1.92. The highest BCUT2D eigenvalue weighted by atomic mass is 79.9. The molecule has 2 N–H and O–H groups in total. The topological polar surface area (TPSA) is 50.4 Å². The van der Waals surface area contributed by atoms with Crippen LogP contribution in [0.5, 0.6) is 0 Å². The van der Waals surface area contributed by atoms with Crippen LogP contribution in [0.3, 0.4) is 0 Å². The number of aryl methyl sites for hydroxylation is 1. The van der Waals surface area contributed by atoms with Crippen LogP contribution < -0.4 is 10.6 Å². The predicted octanol–water partition coefficient (Wildman–Crippen LogP) is 1.68. The van der Waals surface area contributed by atoms with Crippen LogP contribution in [0.25, 0.3) is 0 Å². The fraction of sp³-hybridized carbons (Fsp3) is 0.417. The molecule has 1 aliphatic rings. The van der Waals surface area contributed by atoms with Gasteiger partial charge in [-0.1, -0.05) is 22.0 Å². The Labute approximate surface area is 109 Å². The first-order chi connectivity index (χ1) is 8.16. The minimum Gasteiger partial charge on any atom is -0.366 e. The Balaban J connectivity index is 1.99. The summed E-state index contributed by atoms with van der Waals surface area (Å²) in [5, 5.41) is 5.97. The summed E-state index contributed by atoms with van der Waals surface area (Å²) in [6.07, 6.45) is -0.399. The van der Waals surface area contributed by atoms with Crippen LogP contribution >= 0.6 is 15.9 Å². The fourth-order valence-corrected chi connectivity index (χ4v) is 2.01. The number of benzene rings is 1. The lowest BCUT2D eigenvalue weighted by Crippen LogP contribution is -2.45. The summed E-state index contributed by atoms with van der Waals surface area (Å²) in [6, 6.07) is 5.73. The Morgan fingerprint density at radius 3 is 3.06 bits per heavy atom. The quantitative estimate of drug-likeness (QED) is 0.873. The molecule has 1 aromatic rings. The van der Waals surface area contributed by atoms with Crippen LogP contribution in [0.1, 0.15) is 5.56 Å². The van der Waals surface area contributed by atoms with Crippen molar-refractivity contribution in [2.75, 3.05) is 25.0 Å². The SMILES string of the molecule is Cc1ccc(NC(=O)C2CNCCO2)cc1Br. The van der Waals surface area contributed by atoms with Crippen LogP contribution in [0.15, 0.2) is 22.7 Å². The van der Waals surface area contributed by atoms with Crippen molar-refractivity contribution in [3.05, 3.63) is 28.2 Å². The lowest BCUT2D eigenvalue weighted by molar-refractivity contribution is -0.128. The average Bonchev–Trinajstić information content (AvgIpc) is 2.35. The second-order valence-electron chi connectivity index (χ2n) is 4.02. The van der Waals surface area contributed by atoms with Crippen molar-refractivity contribution in [3.63, 3.8) is 0 Å². The van der Waals surface area contributed by atoms with Gasteiger partial charge < -0.3 is 15.4 Å². The van der Waals surface area contributed by atoms with Crippen molar-refractivity contribution < 1.29 is 9.53 Å². The van der Waals surface area contributed by atoms with E-state index in [0.717, 1.165) is 22.3 Å². The first-order valence-corrected chi connectivity index (χ1v) is 6.35. The summed E-state index contributed by atoms with van der Waals surface area (Å²) in [7, 11) is 0. The van der Waals surface area contributed by atoms with Gasteiger partial charge in [0, 0.05) is 23.2 Å². The molecule has 1 amide bonds. The summed E-state index contributed by atoms with van der Waals surface area (Å²) >= 11 is 3.44. The number of anilines is 1. The first-order valence-electron chi connectivity index (χ1n) is 5.56. The minimum atomic E-state index is -0.399. The van der Waals surface area contributed by atoms with Crippen molar-refractivity contribution in [1.82, 2.24) is 5.32 Å². The number of ether oxygens (including phenoxy) is 1. The number of halogens is 1. The maximum absolute atomic E-state index is 11.9. The molecule has 0 bridgehead atoms.